The van der Waals surface area contributed by atoms with Crippen molar-refractivity contribution in [3.63, 3.8) is 0 Å². The first-order valence-corrected chi connectivity index (χ1v) is 24.8. The van der Waals surface area contributed by atoms with E-state index in [1.165, 1.54) is 57.8 Å². The fraction of sp³-hybridized carbons (Fsp3) is 0.607. The van der Waals surface area contributed by atoms with Crippen LogP contribution < -0.4 is 5.32 Å². The lowest BCUT2D eigenvalue weighted by Gasteiger charge is -2.24. The first-order valence-electron chi connectivity index (χ1n) is 24.8. The van der Waals surface area contributed by atoms with Crippen LogP contribution in [0, 0.1) is 0 Å². The van der Waals surface area contributed by atoms with E-state index in [1.54, 1.807) is 0 Å². The summed E-state index contributed by atoms with van der Waals surface area (Å²) < 4.78 is 5.81. The van der Waals surface area contributed by atoms with Crippen molar-refractivity contribution < 1.29 is 24.5 Å². The lowest BCUT2D eigenvalue weighted by molar-refractivity contribution is -0.150. The molecule has 3 atom stereocenters. The van der Waals surface area contributed by atoms with Crippen molar-refractivity contribution in [2.75, 3.05) is 6.61 Å². The van der Waals surface area contributed by atoms with Gasteiger partial charge >= 0.3 is 5.97 Å². The number of amides is 1. The van der Waals surface area contributed by atoms with Crippen molar-refractivity contribution in [2.45, 2.75) is 212 Å². The number of nitrogens with one attached hydrogen (secondary N) is 1. The molecule has 350 valence electrons. The van der Waals surface area contributed by atoms with Crippen molar-refractivity contribution in [1.82, 2.24) is 5.32 Å². The van der Waals surface area contributed by atoms with Gasteiger partial charge in [-0.3, -0.25) is 9.59 Å². The molecule has 0 aromatic rings. The second kappa shape index (κ2) is 48.3. The van der Waals surface area contributed by atoms with Crippen LogP contribution in [-0.4, -0.2) is 46.9 Å². The SMILES string of the molecule is CC/C=C\C/C=C\C/C=C\C/C=C\C/C=C\C/C=C\CCC(=O)OC(C/C=C\C/C=C\C/C=C\C/C=C\CCCCC)CC(=O)NC(CO)C(O)CCCCCCCCCCC. The van der Waals surface area contributed by atoms with Crippen LogP contribution in [-0.2, 0) is 14.3 Å². The molecule has 0 aliphatic heterocycles. The van der Waals surface area contributed by atoms with E-state index >= 15 is 0 Å². The molecular formula is C56H91NO5. The highest BCUT2D eigenvalue weighted by molar-refractivity contribution is 5.77. The smallest absolute Gasteiger partial charge is 0.306 e. The molecule has 0 saturated carbocycles. The Kier molecular flexibility index (Phi) is 45.4. The third-order valence-corrected chi connectivity index (χ3v) is 10.3. The Morgan fingerprint density at radius 3 is 1.37 bits per heavy atom. The van der Waals surface area contributed by atoms with Gasteiger partial charge in [-0.2, -0.15) is 0 Å². The predicted octanol–water partition coefficient (Wildman–Crippen LogP) is 14.9. The predicted molar refractivity (Wildman–Crippen MR) is 268 cm³/mol. The number of rotatable bonds is 42. The van der Waals surface area contributed by atoms with Crippen LogP contribution in [0.2, 0.25) is 0 Å². The largest absolute Gasteiger partial charge is 0.461 e. The summed E-state index contributed by atoms with van der Waals surface area (Å²) in [5.41, 5.74) is 0. The molecule has 0 aliphatic carbocycles. The van der Waals surface area contributed by atoms with Crippen molar-refractivity contribution in [2.24, 2.45) is 0 Å². The third-order valence-electron chi connectivity index (χ3n) is 10.3. The first-order chi connectivity index (χ1) is 30.5. The van der Waals surface area contributed by atoms with E-state index < -0.39 is 18.2 Å². The molecule has 3 N–H and O–H groups in total. The molecule has 0 rings (SSSR count). The molecule has 0 saturated heterocycles. The van der Waals surface area contributed by atoms with Crippen LogP contribution in [0.4, 0.5) is 0 Å². The number of ether oxygens (including phenoxy) is 1. The molecule has 6 heteroatoms. The molecule has 1 amide bonds. The summed E-state index contributed by atoms with van der Waals surface area (Å²) in [6, 6.07) is -0.752. The maximum Gasteiger partial charge on any atom is 0.306 e. The van der Waals surface area contributed by atoms with Crippen LogP contribution >= 0.6 is 0 Å². The molecule has 0 aromatic carbocycles. The van der Waals surface area contributed by atoms with Gasteiger partial charge in [0.15, 0.2) is 0 Å². The quantitative estimate of drug-likeness (QED) is 0.0323. The third kappa shape index (κ3) is 42.9. The molecule has 3 unspecified atom stereocenters. The zero-order valence-electron chi connectivity index (χ0n) is 39.7. The maximum absolute atomic E-state index is 13.1. The van der Waals surface area contributed by atoms with E-state index in [-0.39, 0.29) is 31.3 Å². The Morgan fingerprint density at radius 1 is 0.500 bits per heavy atom. The number of aliphatic hydroxyl groups is 2. The molecule has 6 nitrogen and oxygen atoms in total. The second-order valence-corrected chi connectivity index (χ2v) is 16.1. The summed E-state index contributed by atoms with van der Waals surface area (Å²) in [6.07, 6.45) is 67.1. The number of allylic oxidation sites excluding steroid dienone is 19. The van der Waals surface area contributed by atoms with Crippen molar-refractivity contribution >= 4 is 11.9 Å². The highest BCUT2D eigenvalue weighted by atomic mass is 16.5. The summed E-state index contributed by atoms with van der Waals surface area (Å²) in [5, 5.41) is 23.6. The summed E-state index contributed by atoms with van der Waals surface area (Å²) in [7, 11) is 0. The zero-order chi connectivity index (χ0) is 45.2. The number of unbranched alkanes of at least 4 members (excludes halogenated alkanes) is 11. The van der Waals surface area contributed by atoms with Gasteiger partial charge in [0.05, 0.1) is 25.2 Å². The molecule has 62 heavy (non-hydrogen) atoms. The van der Waals surface area contributed by atoms with Gasteiger partial charge in [0, 0.05) is 12.8 Å². The summed E-state index contributed by atoms with van der Waals surface area (Å²) in [4.78, 5) is 26.0. The lowest BCUT2D eigenvalue weighted by Crippen LogP contribution is -2.46. The van der Waals surface area contributed by atoms with Gasteiger partial charge < -0.3 is 20.3 Å². The average molecular weight is 858 g/mol. The Hall–Kier alpha value is -3.74. The monoisotopic (exact) mass is 858 g/mol. The first kappa shape index (κ1) is 58.3. The molecule has 0 aliphatic rings. The van der Waals surface area contributed by atoms with E-state index in [1.807, 2.05) is 18.2 Å². The highest BCUT2D eigenvalue weighted by Crippen LogP contribution is 2.14. The van der Waals surface area contributed by atoms with Crippen molar-refractivity contribution in [3.05, 3.63) is 122 Å². The standard InChI is InChI=1S/C56H91NO5/c1-4-7-10-13-16-19-21-23-25-26-27-28-30-32-34-37-40-43-46-49-56(61)62-52(47-44-41-38-36-33-31-29-24-22-20-17-14-11-8-5-2)50-55(60)57-53(51-58)54(59)48-45-42-39-35-18-15-12-9-6-3/h7,10,16-17,19-20,23-25,27-29,32-34,36,40-41,43-44,52-54,58-59H,4-6,8-9,11-15,18,21-22,26,30-31,35,37-39,42,45-51H2,1-3H3,(H,57,60)/b10-7-,19-16-,20-17-,25-23-,28-27-,29-24-,34-32-,36-33-,43-40-,44-41-. The van der Waals surface area contributed by atoms with Crippen LogP contribution in [0.15, 0.2) is 122 Å². The second-order valence-electron chi connectivity index (χ2n) is 16.1. The van der Waals surface area contributed by atoms with Crippen molar-refractivity contribution in [1.29, 1.82) is 0 Å². The van der Waals surface area contributed by atoms with Gasteiger partial charge in [0.1, 0.15) is 6.10 Å². The Bertz CT molecular complexity index is 1330. The van der Waals surface area contributed by atoms with E-state index in [4.69, 9.17) is 4.74 Å². The molecule has 0 radical (unpaired) electrons. The molecule has 0 fully saturated rings. The number of esters is 1. The van der Waals surface area contributed by atoms with Crippen LogP contribution in [0.3, 0.4) is 0 Å². The minimum absolute atomic E-state index is 0.0368. The molecule has 0 spiro atoms. The summed E-state index contributed by atoms with van der Waals surface area (Å²) >= 11 is 0. The van der Waals surface area contributed by atoms with Crippen LogP contribution in [0.5, 0.6) is 0 Å². The molecule has 0 bridgehead atoms. The highest BCUT2D eigenvalue weighted by Gasteiger charge is 2.23. The summed E-state index contributed by atoms with van der Waals surface area (Å²) in [6.45, 7) is 6.25. The maximum atomic E-state index is 13.1. The van der Waals surface area contributed by atoms with Gasteiger partial charge in [-0.15, -0.1) is 0 Å². The van der Waals surface area contributed by atoms with Gasteiger partial charge in [-0.25, -0.2) is 0 Å². The summed E-state index contributed by atoms with van der Waals surface area (Å²) in [5.74, 6) is -0.692. The molecular weight excluding hydrogens is 767 g/mol. The zero-order valence-corrected chi connectivity index (χ0v) is 39.7. The fourth-order valence-corrected chi connectivity index (χ4v) is 6.55. The van der Waals surface area contributed by atoms with E-state index in [0.717, 1.165) is 83.5 Å². The number of carbonyl (C=O) groups is 2. The number of aliphatic hydroxyl groups excluding tert-OH is 2. The van der Waals surface area contributed by atoms with Crippen LogP contribution in [0.25, 0.3) is 0 Å². The Labute approximate surface area is 380 Å². The molecule has 0 aromatic heterocycles. The van der Waals surface area contributed by atoms with Gasteiger partial charge in [-0.1, -0.05) is 213 Å². The Balaban J connectivity index is 4.87. The van der Waals surface area contributed by atoms with Crippen molar-refractivity contribution in [3.8, 4) is 0 Å². The molecule has 0 heterocycles. The number of hydrogen-bond donors (Lipinski definition) is 3. The average Bonchev–Trinajstić information content (AvgIpc) is 3.26. The Morgan fingerprint density at radius 2 is 0.903 bits per heavy atom. The topological polar surface area (TPSA) is 95.9 Å². The number of hydrogen-bond acceptors (Lipinski definition) is 5. The van der Waals surface area contributed by atoms with Gasteiger partial charge in [0.25, 0.3) is 0 Å². The van der Waals surface area contributed by atoms with E-state index in [2.05, 4.69) is 129 Å². The van der Waals surface area contributed by atoms with E-state index in [9.17, 15) is 19.8 Å². The number of carbonyl (C=O) groups excluding carboxylic acids is 2. The normalized spacial score (nSPS) is 14.3. The minimum Gasteiger partial charge on any atom is -0.461 e. The van der Waals surface area contributed by atoms with E-state index in [0.29, 0.717) is 19.3 Å². The minimum atomic E-state index is -0.829. The fourth-order valence-electron chi connectivity index (χ4n) is 6.55. The lowest BCUT2D eigenvalue weighted by atomic mass is 10.0. The van der Waals surface area contributed by atoms with Gasteiger partial charge in [0.2, 0.25) is 5.91 Å². The van der Waals surface area contributed by atoms with Gasteiger partial charge in [-0.05, 0) is 83.5 Å². The van der Waals surface area contributed by atoms with Crippen LogP contribution in [0.1, 0.15) is 194 Å².